The summed E-state index contributed by atoms with van der Waals surface area (Å²) in [5.74, 6) is 0.782. The third kappa shape index (κ3) is 0.964. The Bertz CT molecular complexity index is 382. The Morgan fingerprint density at radius 3 is 3.17 bits per heavy atom. The molecular formula is C6H7N5S. The first-order valence-corrected chi connectivity index (χ1v) is 3.80. The first-order valence-electron chi connectivity index (χ1n) is 3.39. The Kier molecular flexibility index (Phi) is 1.54. The number of hydrazine groups is 1. The number of hydrogen-bond acceptors (Lipinski definition) is 5. The lowest BCUT2D eigenvalue weighted by molar-refractivity contribution is 0.829. The highest BCUT2D eigenvalue weighted by atomic mass is 32.1. The predicted octanol–water partition coefficient (Wildman–Crippen LogP) is 0.753. The molecule has 1 aromatic heterocycles. The predicted molar refractivity (Wildman–Crippen MR) is 49.1 cm³/mol. The van der Waals surface area contributed by atoms with Gasteiger partial charge < -0.3 is 0 Å². The number of nitrogens with zero attached hydrogens (tertiary/aromatic N) is 3. The fraction of sp³-hybridized carbons (Fsp3) is 0.167. The van der Waals surface area contributed by atoms with Gasteiger partial charge in [0.2, 0.25) is 0 Å². The second-order valence-corrected chi connectivity index (χ2v) is 2.82. The largest absolute Gasteiger partial charge is 0.287 e. The van der Waals surface area contributed by atoms with Crippen LogP contribution in [-0.4, -0.2) is 23.6 Å². The third-order valence-corrected chi connectivity index (χ3v) is 1.89. The summed E-state index contributed by atoms with van der Waals surface area (Å²) in [6, 6.07) is 0. The molecule has 12 heavy (non-hydrogen) atoms. The number of aliphatic imine (C=N–C) groups is 1. The van der Waals surface area contributed by atoms with Gasteiger partial charge in [-0.05, 0) is 0 Å². The number of hydrogen-bond donors (Lipinski definition) is 2. The molecule has 0 amide bonds. The maximum atomic E-state index is 5.04. The van der Waals surface area contributed by atoms with Gasteiger partial charge in [-0.1, -0.05) is 12.2 Å². The molecule has 1 aliphatic heterocycles. The maximum absolute atomic E-state index is 5.04. The Hall–Kier alpha value is -1.43. The smallest absolute Gasteiger partial charge is 0.168 e. The van der Waals surface area contributed by atoms with E-state index in [2.05, 4.69) is 20.6 Å². The van der Waals surface area contributed by atoms with Gasteiger partial charge in [-0.2, -0.15) is 5.10 Å². The van der Waals surface area contributed by atoms with E-state index in [0.717, 1.165) is 11.5 Å². The van der Waals surface area contributed by atoms with E-state index in [1.165, 1.54) is 0 Å². The highest BCUT2D eigenvalue weighted by Crippen LogP contribution is 2.25. The zero-order chi connectivity index (χ0) is 8.55. The summed E-state index contributed by atoms with van der Waals surface area (Å²) >= 11 is 5.04. The summed E-state index contributed by atoms with van der Waals surface area (Å²) in [4.78, 5) is 4.09. The van der Waals surface area contributed by atoms with E-state index < -0.39 is 0 Å². The molecule has 62 valence electrons. The van der Waals surface area contributed by atoms with Gasteiger partial charge in [-0.15, -0.1) is 0 Å². The minimum atomic E-state index is 0.647. The summed E-state index contributed by atoms with van der Waals surface area (Å²) in [7, 11) is 1.86. The minimum Gasteiger partial charge on any atom is -0.287 e. The van der Waals surface area contributed by atoms with Crippen molar-refractivity contribution in [3.05, 3.63) is 10.7 Å². The van der Waals surface area contributed by atoms with Crippen molar-refractivity contribution in [1.29, 1.82) is 0 Å². The molecule has 2 N–H and O–H groups in total. The molecule has 5 nitrogen and oxygen atoms in total. The van der Waals surface area contributed by atoms with Crippen molar-refractivity contribution in [2.75, 3.05) is 12.1 Å². The molecule has 2 heterocycles. The fourth-order valence-corrected chi connectivity index (χ4v) is 1.19. The van der Waals surface area contributed by atoms with Crippen LogP contribution < -0.4 is 10.4 Å². The van der Waals surface area contributed by atoms with E-state index in [0.29, 0.717) is 4.51 Å². The lowest BCUT2D eigenvalue weighted by atomic mass is 10.4. The van der Waals surface area contributed by atoms with E-state index in [1.54, 1.807) is 17.5 Å². The summed E-state index contributed by atoms with van der Waals surface area (Å²) < 4.78 is 0.647. The average molecular weight is 181 g/mol. The van der Waals surface area contributed by atoms with Crippen molar-refractivity contribution < 1.29 is 0 Å². The first-order chi connectivity index (χ1) is 5.79. The first kappa shape index (κ1) is 7.23. The zero-order valence-electron chi connectivity index (χ0n) is 6.40. The SMILES string of the molecule is CN1NC=Nc2c1[nH]ncc2=S. The Balaban J connectivity index is 2.69. The molecule has 0 spiro atoms. The Morgan fingerprint density at radius 2 is 2.42 bits per heavy atom. The number of nitrogens with one attached hydrogen (secondary N) is 2. The summed E-state index contributed by atoms with van der Waals surface area (Å²) in [6.07, 6.45) is 3.16. The summed E-state index contributed by atoms with van der Waals surface area (Å²) in [5.41, 5.74) is 3.64. The van der Waals surface area contributed by atoms with E-state index in [1.807, 2.05) is 7.05 Å². The Labute approximate surface area is 74.1 Å². The lowest BCUT2D eigenvalue weighted by Crippen LogP contribution is -2.35. The van der Waals surface area contributed by atoms with E-state index in [4.69, 9.17) is 12.2 Å². The number of aromatic amines is 1. The molecule has 0 fully saturated rings. The molecule has 0 saturated carbocycles. The Morgan fingerprint density at radius 1 is 1.58 bits per heavy atom. The second kappa shape index (κ2) is 2.56. The highest BCUT2D eigenvalue weighted by Gasteiger charge is 2.11. The molecule has 0 unspecified atom stereocenters. The van der Waals surface area contributed by atoms with Crippen LogP contribution >= 0.6 is 12.2 Å². The monoisotopic (exact) mass is 181 g/mol. The quantitative estimate of drug-likeness (QED) is 0.580. The average Bonchev–Trinajstić information content (AvgIpc) is 2.07. The van der Waals surface area contributed by atoms with Crippen LogP contribution in [0.5, 0.6) is 0 Å². The normalized spacial score (nSPS) is 13.9. The van der Waals surface area contributed by atoms with Gasteiger partial charge in [-0.3, -0.25) is 15.5 Å². The van der Waals surface area contributed by atoms with Gasteiger partial charge in [0.25, 0.3) is 0 Å². The standard InChI is InChI=1S/C6H7N5S/c1-11-6-5(7-3-9-11)4(12)2-8-10-6/h2-3H,1H3,(H,7,9)(H,10,12). The van der Waals surface area contributed by atoms with Gasteiger partial charge in [0.1, 0.15) is 12.0 Å². The lowest BCUT2D eigenvalue weighted by Gasteiger charge is -2.22. The van der Waals surface area contributed by atoms with Crippen LogP contribution in [0.3, 0.4) is 0 Å². The summed E-state index contributed by atoms with van der Waals surface area (Å²) in [5, 5.41) is 8.44. The van der Waals surface area contributed by atoms with Crippen LogP contribution in [0.25, 0.3) is 0 Å². The molecule has 0 atom stereocenters. The molecule has 0 aliphatic carbocycles. The molecular weight excluding hydrogens is 174 g/mol. The van der Waals surface area contributed by atoms with Crippen LogP contribution in [-0.2, 0) is 0 Å². The van der Waals surface area contributed by atoms with E-state index in [9.17, 15) is 0 Å². The maximum Gasteiger partial charge on any atom is 0.168 e. The highest BCUT2D eigenvalue weighted by molar-refractivity contribution is 7.71. The van der Waals surface area contributed by atoms with Crippen molar-refractivity contribution in [2.45, 2.75) is 0 Å². The third-order valence-electron chi connectivity index (χ3n) is 1.59. The number of rotatable bonds is 0. The van der Waals surface area contributed by atoms with Gasteiger partial charge in [0, 0.05) is 7.05 Å². The number of aromatic nitrogens is 2. The molecule has 2 rings (SSSR count). The zero-order valence-corrected chi connectivity index (χ0v) is 7.22. The second-order valence-electron chi connectivity index (χ2n) is 2.38. The van der Waals surface area contributed by atoms with Crippen LogP contribution in [0, 0.1) is 4.51 Å². The van der Waals surface area contributed by atoms with Crippen molar-refractivity contribution in [2.24, 2.45) is 4.99 Å². The van der Waals surface area contributed by atoms with Crippen LogP contribution in [0.4, 0.5) is 11.5 Å². The molecule has 0 radical (unpaired) electrons. The van der Waals surface area contributed by atoms with Crippen molar-refractivity contribution >= 4 is 30.1 Å². The molecule has 6 heteroatoms. The number of H-pyrrole nitrogens is 1. The van der Waals surface area contributed by atoms with Crippen molar-refractivity contribution in [3.8, 4) is 0 Å². The molecule has 1 aromatic rings. The molecule has 1 aliphatic rings. The molecule has 0 saturated heterocycles. The molecule has 0 aromatic carbocycles. The summed E-state index contributed by atoms with van der Waals surface area (Å²) in [6.45, 7) is 0. The van der Waals surface area contributed by atoms with E-state index >= 15 is 0 Å². The number of anilines is 1. The van der Waals surface area contributed by atoms with Crippen LogP contribution in [0.2, 0.25) is 0 Å². The molecule has 0 bridgehead atoms. The van der Waals surface area contributed by atoms with Crippen molar-refractivity contribution in [1.82, 2.24) is 15.6 Å². The topological polar surface area (TPSA) is 56.3 Å². The minimum absolute atomic E-state index is 0.647. The van der Waals surface area contributed by atoms with Gasteiger partial charge in [0.15, 0.2) is 5.82 Å². The van der Waals surface area contributed by atoms with Gasteiger partial charge in [-0.25, -0.2) is 4.99 Å². The number of fused-ring (bicyclic) bond motifs is 1. The van der Waals surface area contributed by atoms with Crippen LogP contribution in [0.1, 0.15) is 0 Å². The fourth-order valence-electron chi connectivity index (χ4n) is 0.986. The van der Waals surface area contributed by atoms with Gasteiger partial charge in [0.05, 0.1) is 10.7 Å². The van der Waals surface area contributed by atoms with E-state index in [-0.39, 0.29) is 0 Å². The van der Waals surface area contributed by atoms with Crippen LogP contribution in [0.15, 0.2) is 11.2 Å². The van der Waals surface area contributed by atoms with Gasteiger partial charge >= 0.3 is 0 Å². The van der Waals surface area contributed by atoms with Crippen molar-refractivity contribution in [3.63, 3.8) is 0 Å².